The van der Waals surface area contributed by atoms with Gasteiger partial charge in [0.25, 0.3) is 0 Å². The predicted octanol–water partition coefficient (Wildman–Crippen LogP) is 4.05. The number of nitrogens with zero attached hydrogens (tertiary/aromatic N) is 1. The lowest BCUT2D eigenvalue weighted by Crippen LogP contribution is -2.43. The Kier molecular flexibility index (Phi) is 5.85. The van der Waals surface area contributed by atoms with Gasteiger partial charge in [-0.3, -0.25) is 4.98 Å². The van der Waals surface area contributed by atoms with Crippen LogP contribution >= 0.6 is 0 Å². The molecule has 1 aliphatic heterocycles. The number of rotatable bonds is 7. The molecule has 2 heterocycles. The van der Waals surface area contributed by atoms with Crippen molar-refractivity contribution >= 4 is 11.4 Å². The summed E-state index contributed by atoms with van der Waals surface area (Å²) in [6.07, 6.45) is 9.21. The van der Waals surface area contributed by atoms with Gasteiger partial charge in [0.1, 0.15) is 0 Å². The van der Waals surface area contributed by atoms with Gasteiger partial charge in [0.15, 0.2) is 0 Å². The van der Waals surface area contributed by atoms with E-state index in [4.69, 9.17) is 4.74 Å². The summed E-state index contributed by atoms with van der Waals surface area (Å²) in [5.74, 6) is 0. The highest BCUT2D eigenvalue weighted by molar-refractivity contribution is 5.54. The quantitative estimate of drug-likeness (QED) is 0.795. The first kappa shape index (κ1) is 16.1. The number of ether oxygens (including phenoxy) is 1. The largest absolute Gasteiger partial charge is 0.384 e. The van der Waals surface area contributed by atoms with Gasteiger partial charge in [-0.2, -0.15) is 0 Å². The van der Waals surface area contributed by atoms with Crippen LogP contribution < -0.4 is 10.6 Å². The van der Waals surface area contributed by atoms with Crippen molar-refractivity contribution < 1.29 is 4.74 Å². The number of anilines is 2. The first-order chi connectivity index (χ1) is 10.2. The highest BCUT2D eigenvalue weighted by atomic mass is 16.5. The lowest BCUT2D eigenvalue weighted by atomic mass is 9.86. The maximum Gasteiger partial charge on any atom is 0.0696 e. The molecule has 0 amide bonds. The zero-order valence-corrected chi connectivity index (χ0v) is 13.6. The summed E-state index contributed by atoms with van der Waals surface area (Å²) >= 11 is 0. The van der Waals surface area contributed by atoms with Crippen LogP contribution in [-0.4, -0.2) is 29.8 Å². The van der Waals surface area contributed by atoms with Crippen molar-refractivity contribution in [2.24, 2.45) is 0 Å². The first-order valence-corrected chi connectivity index (χ1v) is 8.30. The van der Waals surface area contributed by atoms with Crippen molar-refractivity contribution in [2.45, 2.75) is 64.5 Å². The summed E-state index contributed by atoms with van der Waals surface area (Å²) < 4.78 is 6.04. The summed E-state index contributed by atoms with van der Waals surface area (Å²) in [5, 5.41) is 7.02. The van der Waals surface area contributed by atoms with E-state index in [0.717, 1.165) is 56.6 Å². The van der Waals surface area contributed by atoms with E-state index in [9.17, 15) is 0 Å². The summed E-state index contributed by atoms with van der Waals surface area (Å²) in [7, 11) is 0. The molecule has 118 valence electrons. The van der Waals surface area contributed by atoms with E-state index >= 15 is 0 Å². The van der Waals surface area contributed by atoms with Crippen molar-refractivity contribution in [1.29, 1.82) is 0 Å². The van der Waals surface area contributed by atoms with Crippen molar-refractivity contribution in [1.82, 2.24) is 4.98 Å². The minimum Gasteiger partial charge on any atom is -0.384 e. The topological polar surface area (TPSA) is 46.2 Å². The fourth-order valence-corrected chi connectivity index (χ4v) is 3.01. The minimum absolute atomic E-state index is 0.0570. The summed E-state index contributed by atoms with van der Waals surface area (Å²) in [5.41, 5.74) is 2.25. The van der Waals surface area contributed by atoms with Gasteiger partial charge in [-0.05, 0) is 38.2 Å². The van der Waals surface area contributed by atoms with E-state index in [0.29, 0.717) is 6.04 Å². The molecular weight excluding hydrogens is 262 g/mol. The van der Waals surface area contributed by atoms with Crippen molar-refractivity contribution in [3.63, 3.8) is 0 Å². The van der Waals surface area contributed by atoms with Gasteiger partial charge in [-0.1, -0.05) is 20.8 Å². The van der Waals surface area contributed by atoms with E-state index in [1.54, 1.807) is 0 Å². The lowest BCUT2D eigenvalue weighted by molar-refractivity contribution is -0.0864. The zero-order valence-electron chi connectivity index (χ0n) is 13.6. The molecule has 4 nitrogen and oxygen atoms in total. The van der Waals surface area contributed by atoms with Crippen LogP contribution in [0.25, 0.3) is 0 Å². The predicted molar refractivity (Wildman–Crippen MR) is 88.9 cm³/mol. The molecule has 0 saturated carbocycles. The fourth-order valence-electron chi connectivity index (χ4n) is 3.01. The van der Waals surface area contributed by atoms with Gasteiger partial charge < -0.3 is 15.4 Å². The third-order valence-electron chi connectivity index (χ3n) is 4.47. The Morgan fingerprint density at radius 1 is 1.24 bits per heavy atom. The van der Waals surface area contributed by atoms with Crippen LogP contribution in [0.2, 0.25) is 0 Å². The molecule has 1 unspecified atom stereocenters. The molecule has 21 heavy (non-hydrogen) atoms. The molecular formula is C17H29N3O. The Bertz CT molecular complexity index is 432. The molecule has 1 aliphatic rings. The summed E-state index contributed by atoms with van der Waals surface area (Å²) in [6, 6.07) is 2.62. The van der Waals surface area contributed by atoms with Gasteiger partial charge in [0, 0.05) is 19.2 Å². The number of pyridine rings is 1. The molecule has 2 N–H and O–H groups in total. The van der Waals surface area contributed by atoms with Gasteiger partial charge >= 0.3 is 0 Å². The van der Waals surface area contributed by atoms with Crippen LogP contribution in [0.4, 0.5) is 11.4 Å². The molecule has 1 saturated heterocycles. The Morgan fingerprint density at radius 2 is 2.00 bits per heavy atom. The van der Waals surface area contributed by atoms with Crippen LogP contribution in [0, 0.1) is 0 Å². The third-order valence-corrected chi connectivity index (χ3v) is 4.47. The lowest BCUT2D eigenvalue weighted by Gasteiger charge is -2.40. The molecule has 1 aromatic rings. The van der Waals surface area contributed by atoms with Crippen LogP contribution in [-0.2, 0) is 4.74 Å². The average Bonchev–Trinajstić information content (AvgIpc) is 2.53. The Morgan fingerprint density at radius 3 is 2.71 bits per heavy atom. The monoisotopic (exact) mass is 291 g/mol. The second-order valence-corrected chi connectivity index (χ2v) is 5.96. The van der Waals surface area contributed by atoms with Crippen molar-refractivity contribution in [3.8, 4) is 0 Å². The third kappa shape index (κ3) is 4.34. The average molecular weight is 291 g/mol. The molecule has 4 heteroatoms. The van der Waals surface area contributed by atoms with E-state index in [-0.39, 0.29) is 5.60 Å². The van der Waals surface area contributed by atoms with E-state index in [1.165, 1.54) is 0 Å². The number of aromatic nitrogens is 1. The highest BCUT2D eigenvalue weighted by Gasteiger charge is 2.34. The van der Waals surface area contributed by atoms with E-state index < -0.39 is 0 Å². The normalized spacial score (nSPS) is 21.0. The molecule has 1 fully saturated rings. The second-order valence-electron chi connectivity index (χ2n) is 5.96. The molecule has 2 rings (SSSR count). The van der Waals surface area contributed by atoms with E-state index in [1.807, 2.05) is 12.4 Å². The van der Waals surface area contributed by atoms with Crippen LogP contribution in [0.15, 0.2) is 18.5 Å². The maximum absolute atomic E-state index is 6.04. The van der Waals surface area contributed by atoms with Crippen LogP contribution in [0.1, 0.15) is 52.9 Å². The van der Waals surface area contributed by atoms with Gasteiger partial charge in [-0.25, -0.2) is 0 Å². The Labute approximate surface area is 128 Å². The smallest absolute Gasteiger partial charge is 0.0696 e. The standard InChI is InChI=1S/C17H29N3O/c1-4-8-19-15-10-16(13-18-12-15)20-14-7-9-21-17(5-2,6-3)11-14/h10,12-14,19-20H,4-9,11H2,1-3H3. The highest BCUT2D eigenvalue weighted by Crippen LogP contribution is 2.32. The molecule has 0 aromatic carbocycles. The van der Waals surface area contributed by atoms with E-state index in [2.05, 4.69) is 42.5 Å². The second kappa shape index (κ2) is 7.64. The summed E-state index contributed by atoms with van der Waals surface area (Å²) in [6.45, 7) is 8.45. The fraction of sp³-hybridized carbons (Fsp3) is 0.706. The number of hydrogen-bond acceptors (Lipinski definition) is 4. The van der Waals surface area contributed by atoms with Crippen molar-refractivity contribution in [2.75, 3.05) is 23.8 Å². The summed E-state index contributed by atoms with van der Waals surface area (Å²) in [4.78, 5) is 4.32. The first-order valence-electron chi connectivity index (χ1n) is 8.30. The maximum atomic E-state index is 6.04. The van der Waals surface area contributed by atoms with Gasteiger partial charge in [0.05, 0.1) is 29.4 Å². The Hall–Kier alpha value is -1.29. The Balaban J connectivity index is 1.97. The molecule has 0 radical (unpaired) electrons. The molecule has 0 aliphatic carbocycles. The minimum atomic E-state index is 0.0570. The zero-order chi connectivity index (χ0) is 15.1. The SMILES string of the molecule is CCCNc1cncc(NC2CCOC(CC)(CC)C2)c1. The number of nitrogens with one attached hydrogen (secondary N) is 2. The van der Waals surface area contributed by atoms with Gasteiger partial charge in [-0.15, -0.1) is 0 Å². The van der Waals surface area contributed by atoms with Crippen LogP contribution in [0.5, 0.6) is 0 Å². The van der Waals surface area contributed by atoms with Crippen molar-refractivity contribution in [3.05, 3.63) is 18.5 Å². The molecule has 1 atom stereocenters. The van der Waals surface area contributed by atoms with Crippen LogP contribution in [0.3, 0.4) is 0 Å². The molecule has 1 aromatic heterocycles. The number of hydrogen-bond donors (Lipinski definition) is 2. The van der Waals surface area contributed by atoms with Gasteiger partial charge in [0.2, 0.25) is 0 Å². The molecule has 0 bridgehead atoms. The molecule has 0 spiro atoms.